The Bertz CT molecular complexity index is 617. The standard InChI is InChI=1S/C12H12F2N4/c1-6-2-5-8(13)11(9(6)14)18-10(7-3-4-7)12(15)16-17-18/h2,5,7H,3-4,15H2,1H3. The molecule has 1 aliphatic rings. The molecule has 18 heavy (non-hydrogen) atoms. The van der Waals surface area contributed by atoms with Crippen molar-refractivity contribution in [1.82, 2.24) is 15.0 Å². The molecule has 2 aromatic rings. The third kappa shape index (κ3) is 1.56. The Balaban J connectivity index is 2.24. The van der Waals surface area contributed by atoms with Crippen LogP contribution >= 0.6 is 0 Å². The van der Waals surface area contributed by atoms with Crippen molar-refractivity contribution in [2.75, 3.05) is 5.73 Å². The molecule has 0 aliphatic heterocycles. The number of benzene rings is 1. The molecule has 1 heterocycles. The Hall–Kier alpha value is -1.98. The minimum atomic E-state index is -0.662. The molecule has 2 N–H and O–H groups in total. The second-order valence-corrected chi connectivity index (χ2v) is 4.57. The molecule has 1 aromatic carbocycles. The van der Waals surface area contributed by atoms with Crippen LogP contribution in [0.3, 0.4) is 0 Å². The van der Waals surface area contributed by atoms with E-state index in [1.54, 1.807) is 6.92 Å². The van der Waals surface area contributed by atoms with Crippen LogP contribution in [0.1, 0.15) is 30.0 Å². The molecule has 0 spiro atoms. The summed E-state index contributed by atoms with van der Waals surface area (Å²) < 4.78 is 29.1. The Morgan fingerprint density at radius 3 is 2.72 bits per heavy atom. The van der Waals surface area contributed by atoms with Crippen molar-refractivity contribution in [3.8, 4) is 5.69 Å². The molecule has 94 valence electrons. The van der Waals surface area contributed by atoms with E-state index in [-0.39, 0.29) is 17.4 Å². The summed E-state index contributed by atoms with van der Waals surface area (Å²) in [6, 6.07) is 2.62. The van der Waals surface area contributed by atoms with Crippen LogP contribution in [0, 0.1) is 18.6 Å². The maximum absolute atomic E-state index is 14.1. The maximum atomic E-state index is 14.1. The predicted octanol–water partition coefficient (Wildman–Crippen LogP) is 2.31. The molecule has 0 saturated heterocycles. The average molecular weight is 250 g/mol. The number of anilines is 1. The molecule has 1 fully saturated rings. The molecule has 1 aromatic heterocycles. The molecule has 6 heteroatoms. The van der Waals surface area contributed by atoms with E-state index in [1.807, 2.05) is 0 Å². The normalized spacial score (nSPS) is 15.1. The summed E-state index contributed by atoms with van der Waals surface area (Å²) in [4.78, 5) is 0. The fraction of sp³-hybridized carbons (Fsp3) is 0.333. The second kappa shape index (κ2) is 3.76. The minimum absolute atomic E-state index is 0.193. The molecule has 0 atom stereocenters. The van der Waals surface area contributed by atoms with Crippen molar-refractivity contribution in [2.24, 2.45) is 0 Å². The summed E-state index contributed by atoms with van der Waals surface area (Å²) in [5.74, 6) is -0.830. The van der Waals surface area contributed by atoms with Crippen molar-refractivity contribution in [3.05, 3.63) is 35.0 Å². The summed E-state index contributed by atoms with van der Waals surface area (Å²) in [7, 11) is 0. The summed E-state index contributed by atoms with van der Waals surface area (Å²) in [6.07, 6.45) is 1.90. The molecule has 0 radical (unpaired) electrons. The van der Waals surface area contributed by atoms with Crippen LogP contribution in [-0.4, -0.2) is 15.0 Å². The van der Waals surface area contributed by atoms with E-state index in [2.05, 4.69) is 10.3 Å². The second-order valence-electron chi connectivity index (χ2n) is 4.57. The third-order valence-electron chi connectivity index (χ3n) is 3.17. The fourth-order valence-electron chi connectivity index (χ4n) is 2.04. The maximum Gasteiger partial charge on any atom is 0.169 e. The van der Waals surface area contributed by atoms with Gasteiger partial charge in [-0.05, 0) is 31.4 Å². The van der Waals surface area contributed by atoms with Gasteiger partial charge >= 0.3 is 0 Å². The molecule has 1 aliphatic carbocycles. The monoisotopic (exact) mass is 250 g/mol. The number of hydrogen-bond donors (Lipinski definition) is 1. The van der Waals surface area contributed by atoms with Crippen LogP contribution in [0.4, 0.5) is 14.6 Å². The first kappa shape index (κ1) is 11.1. The van der Waals surface area contributed by atoms with E-state index in [0.717, 1.165) is 12.8 Å². The Labute approximate surface area is 102 Å². The summed E-state index contributed by atoms with van der Waals surface area (Å²) in [5, 5.41) is 7.50. The van der Waals surface area contributed by atoms with E-state index in [4.69, 9.17) is 5.73 Å². The lowest BCUT2D eigenvalue weighted by Crippen LogP contribution is -2.08. The van der Waals surface area contributed by atoms with Gasteiger partial charge in [0.05, 0.1) is 5.69 Å². The first-order chi connectivity index (χ1) is 8.59. The van der Waals surface area contributed by atoms with Gasteiger partial charge in [-0.1, -0.05) is 11.3 Å². The molecule has 1 saturated carbocycles. The zero-order valence-electron chi connectivity index (χ0n) is 9.82. The number of aryl methyl sites for hydroxylation is 1. The lowest BCUT2D eigenvalue weighted by Gasteiger charge is -2.09. The van der Waals surface area contributed by atoms with Gasteiger partial charge < -0.3 is 5.73 Å². The molecule has 0 amide bonds. The average Bonchev–Trinajstić information content (AvgIpc) is 3.10. The van der Waals surface area contributed by atoms with Crippen molar-refractivity contribution in [1.29, 1.82) is 0 Å². The number of nitrogens with zero attached hydrogens (tertiary/aromatic N) is 3. The van der Waals surface area contributed by atoms with Crippen molar-refractivity contribution < 1.29 is 8.78 Å². The van der Waals surface area contributed by atoms with Gasteiger partial charge in [0.1, 0.15) is 5.69 Å². The van der Waals surface area contributed by atoms with Crippen LogP contribution in [0.5, 0.6) is 0 Å². The smallest absolute Gasteiger partial charge is 0.169 e. The van der Waals surface area contributed by atoms with Crippen molar-refractivity contribution in [2.45, 2.75) is 25.7 Å². The van der Waals surface area contributed by atoms with Crippen LogP contribution in [-0.2, 0) is 0 Å². The number of halogens is 2. The van der Waals surface area contributed by atoms with Crippen LogP contribution in [0.2, 0.25) is 0 Å². The number of nitrogen functional groups attached to an aromatic ring is 1. The van der Waals surface area contributed by atoms with Crippen LogP contribution in [0.25, 0.3) is 5.69 Å². The van der Waals surface area contributed by atoms with Gasteiger partial charge in [0.25, 0.3) is 0 Å². The van der Waals surface area contributed by atoms with Gasteiger partial charge in [-0.15, -0.1) is 5.10 Å². The quantitative estimate of drug-likeness (QED) is 0.889. The zero-order chi connectivity index (χ0) is 12.9. The van der Waals surface area contributed by atoms with Crippen LogP contribution in [0.15, 0.2) is 12.1 Å². The highest BCUT2D eigenvalue weighted by Gasteiger charge is 2.32. The molecule has 4 nitrogen and oxygen atoms in total. The first-order valence-electron chi connectivity index (χ1n) is 5.75. The lowest BCUT2D eigenvalue weighted by molar-refractivity contribution is 0.546. The van der Waals surface area contributed by atoms with Gasteiger partial charge in [0.15, 0.2) is 17.5 Å². The Morgan fingerprint density at radius 1 is 1.33 bits per heavy atom. The van der Waals surface area contributed by atoms with Gasteiger partial charge in [0, 0.05) is 5.92 Å². The van der Waals surface area contributed by atoms with E-state index in [1.165, 1.54) is 16.8 Å². The van der Waals surface area contributed by atoms with Gasteiger partial charge in [-0.2, -0.15) is 0 Å². The Morgan fingerprint density at radius 2 is 2.06 bits per heavy atom. The molecular formula is C12H12F2N4. The van der Waals surface area contributed by atoms with Crippen LogP contribution < -0.4 is 5.73 Å². The van der Waals surface area contributed by atoms with Gasteiger partial charge in [-0.3, -0.25) is 0 Å². The van der Waals surface area contributed by atoms with E-state index >= 15 is 0 Å². The predicted molar refractivity (Wildman–Crippen MR) is 62.4 cm³/mol. The largest absolute Gasteiger partial charge is 0.381 e. The molecular weight excluding hydrogens is 238 g/mol. The van der Waals surface area contributed by atoms with E-state index < -0.39 is 11.6 Å². The van der Waals surface area contributed by atoms with Gasteiger partial charge in [-0.25, -0.2) is 13.5 Å². The highest BCUT2D eigenvalue weighted by molar-refractivity contribution is 5.46. The number of nitrogens with two attached hydrogens (primary N) is 1. The topological polar surface area (TPSA) is 56.7 Å². The fourth-order valence-corrected chi connectivity index (χ4v) is 2.04. The summed E-state index contributed by atoms with van der Waals surface area (Å²) in [5.41, 5.74) is 6.50. The lowest BCUT2D eigenvalue weighted by atomic mass is 10.2. The molecule has 0 bridgehead atoms. The van der Waals surface area contributed by atoms with Crippen molar-refractivity contribution >= 4 is 5.82 Å². The minimum Gasteiger partial charge on any atom is -0.381 e. The van der Waals surface area contributed by atoms with Crippen molar-refractivity contribution in [3.63, 3.8) is 0 Å². The van der Waals surface area contributed by atoms with E-state index in [0.29, 0.717) is 11.3 Å². The zero-order valence-corrected chi connectivity index (χ0v) is 9.82. The summed E-state index contributed by atoms with van der Waals surface area (Å²) >= 11 is 0. The van der Waals surface area contributed by atoms with E-state index in [9.17, 15) is 8.78 Å². The highest BCUT2D eigenvalue weighted by Crippen LogP contribution is 2.43. The molecule has 0 unspecified atom stereocenters. The first-order valence-corrected chi connectivity index (χ1v) is 5.75. The highest BCUT2D eigenvalue weighted by atomic mass is 19.1. The number of rotatable bonds is 2. The molecule has 3 rings (SSSR count). The number of hydrogen-bond acceptors (Lipinski definition) is 3. The number of aromatic nitrogens is 3. The van der Waals surface area contributed by atoms with Gasteiger partial charge in [0.2, 0.25) is 0 Å². The SMILES string of the molecule is Cc1ccc(F)c(-n2nnc(N)c2C2CC2)c1F. The summed E-state index contributed by atoms with van der Waals surface area (Å²) in [6.45, 7) is 1.58. The Kier molecular flexibility index (Phi) is 2.33. The third-order valence-corrected chi connectivity index (χ3v) is 3.17.